The van der Waals surface area contributed by atoms with E-state index in [9.17, 15) is 4.79 Å². The van der Waals surface area contributed by atoms with Crippen LogP contribution in [-0.2, 0) is 11.3 Å². The predicted molar refractivity (Wildman–Crippen MR) is 73.2 cm³/mol. The molecule has 0 saturated carbocycles. The lowest BCUT2D eigenvalue weighted by molar-refractivity contribution is -0.132. The van der Waals surface area contributed by atoms with Gasteiger partial charge < -0.3 is 10.6 Å². The van der Waals surface area contributed by atoms with Gasteiger partial charge in [0.1, 0.15) is 12.9 Å². The maximum Gasteiger partial charge on any atom is 0.244 e. The molecule has 0 radical (unpaired) electrons. The third-order valence-corrected chi connectivity index (χ3v) is 3.92. The summed E-state index contributed by atoms with van der Waals surface area (Å²) in [6.07, 6.45) is 4.91. The number of rotatable bonds is 3. The summed E-state index contributed by atoms with van der Waals surface area (Å²) in [5.74, 6) is 1.75. The molecule has 0 aliphatic carbocycles. The first-order chi connectivity index (χ1) is 9.06. The first-order valence-corrected chi connectivity index (χ1v) is 6.99. The van der Waals surface area contributed by atoms with Gasteiger partial charge in [-0.3, -0.25) is 4.79 Å². The second-order valence-corrected chi connectivity index (χ2v) is 5.62. The molecule has 0 bridgehead atoms. The number of nitrogen functional groups attached to an aromatic ring is 1. The zero-order chi connectivity index (χ0) is 13.8. The van der Waals surface area contributed by atoms with E-state index in [0.717, 1.165) is 31.8 Å². The van der Waals surface area contributed by atoms with Gasteiger partial charge in [-0.25, -0.2) is 9.67 Å². The number of amides is 1. The van der Waals surface area contributed by atoms with Crippen LogP contribution in [0.4, 0.5) is 5.95 Å². The summed E-state index contributed by atoms with van der Waals surface area (Å²) in [6.45, 7) is 6.47. The third-order valence-electron chi connectivity index (χ3n) is 3.92. The third kappa shape index (κ3) is 3.68. The average molecular weight is 265 g/mol. The minimum absolute atomic E-state index is 0.106. The number of hydrogen-bond donors (Lipinski definition) is 1. The van der Waals surface area contributed by atoms with E-state index in [4.69, 9.17) is 5.73 Å². The highest BCUT2D eigenvalue weighted by Gasteiger charge is 2.22. The van der Waals surface area contributed by atoms with Crippen molar-refractivity contribution >= 4 is 11.9 Å². The molecular weight excluding hydrogens is 242 g/mol. The second-order valence-electron chi connectivity index (χ2n) is 5.62. The van der Waals surface area contributed by atoms with E-state index in [-0.39, 0.29) is 18.4 Å². The molecule has 1 aromatic heterocycles. The predicted octanol–water partition coefficient (Wildman–Crippen LogP) is 1.14. The molecule has 1 atom stereocenters. The lowest BCUT2D eigenvalue weighted by atomic mass is 9.89. The van der Waals surface area contributed by atoms with Gasteiger partial charge in [0.2, 0.25) is 11.9 Å². The van der Waals surface area contributed by atoms with Crippen LogP contribution in [0.5, 0.6) is 0 Å². The van der Waals surface area contributed by atoms with Crippen LogP contribution in [0.3, 0.4) is 0 Å². The molecule has 2 rings (SSSR count). The molecular formula is C13H23N5O. The summed E-state index contributed by atoms with van der Waals surface area (Å²) in [5, 5.41) is 3.95. The molecule has 0 spiro atoms. The number of hydrogen-bond acceptors (Lipinski definition) is 4. The Balaban J connectivity index is 1.89. The van der Waals surface area contributed by atoms with Crippen molar-refractivity contribution in [2.75, 3.05) is 18.8 Å². The van der Waals surface area contributed by atoms with E-state index in [0.29, 0.717) is 5.92 Å². The number of nitrogens with zero attached hydrogens (tertiary/aromatic N) is 4. The number of carbonyl (C=O) groups excluding carboxylic acids is 1. The summed E-state index contributed by atoms with van der Waals surface area (Å²) < 4.78 is 1.50. The SMILES string of the molecule is CC(C)C1CCCN(C(=O)Cn2cnc(N)n2)CC1. The molecule has 1 aliphatic rings. The van der Waals surface area contributed by atoms with Crippen LogP contribution in [0.2, 0.25) is 0 Å². The summed E-state index contributed by atoms with van der Waals surface area (Å²) in [7, 11) is 0. The van der Waals surface area contributed by atoms with E-state index in [1.165, 1.54) is 17.4 Å². The molecule has 2 heterocycles. The zero-order valence-corrected chi connectivity index (χ0v) is 11.7. The van der Waals surface area contributed by atoms with Gasteiger partial charge in [0.15, 0.2) is 0 Å². The molecule has 0 aromatic carbocycles. The molecule has 1 amide bonds. The molecule has 1 aromatic rings. The quantitative estimate of drug-likeness (QED) is 0.889. The van der Waals surface area contributed by atoms with Crippen LogP contribution in [-0.4, -0.2) is 38.7 Å². The molecule has 6 nitrogen and oxygen atoms in total. The van der Waals surface area contributed by atoms with Gasteiger partial charge >= 0.3 is 0 Å². The Hall–Kier alpha value is -1.59. The maximum atomic E-state index is 12.2. The molecule has 1 unspecified atom stereocenters. The van der Waals surface area contributed by atoms with Crippen molar-refractivity contribution in [3.8, 4) is 0 Å². The first-order valence-electron chi connectivity index (χ1n) is 6.99. The fourth-order valence-electron chi connectivity index (χ4n) is 2.66. The topological polar surface area (TPSA) is 77.0 Å². The molecule has 19 heavy (non-hydrogen) atoms. The smallest absolute Gasteiger partial charge is 0.244 e. The summed E-state index contributed by atoms with van der Waals surface area (Å²) in [4.78, 5) is 18.0. The van der Waals surface area contributed by atoms with Crippen molar-refractivity contribution in [2.24, 2.45) is 11.8 Å². The van der Waals surface area contributed by atoms with Crippen LogP contribution in [0, 0.1) is 11.8 Å². The van der Waals surface area contributed by atoms with E-state index in [1.54, 1.807) is 0 Å². The number of likely N-dealkylation sites (tertiary alicyclic amines) is 1. The highest BCUT2D eigenvalue weighted by molar-refractivity contribution is 5.75. The Bertz CT molecular complexity index is 428. The minimum Gasteiger partial charge on any atom is -0.367 e. The summed E-state index contributed by atoms with van der Waals surface area (Å²) >= 11 is 0. The van der Waals surface area contributed by atoms with E-state index < -0.39 is 0 Å². The Kier molecular flexibility index (Phi) is 4.39. The van der Waals surface area contributed by atoms with Crippen LogP contribution in [0.1, 0.15) is 33.1 Å². The Morgan fingerprint density at radius 1 is 1.47 bits per heavy atom. The minimum atomic E-state index is 0.106. The van der Waals surface area contributed by atoms with Gasteiger partial charge in [-0.2, -0.15) is 0 Å². The van der Waals surface area contributed by atoms with Gasteiger partial charge in [-0.15, -0.1) is 5.10 Å². The Labute approximate surface area is 114 Å². The van der Waals surface area contributed by atoms with Crippen LogP contribution in [0.25, 0.3) is 0 Å². The summed E-state index contributed by atoms with van der Waals surface area (Å²) in [6, 6.07) is 0. The van der Waals surface area contributed by atoms with E-state index in [1.807, 2.05) is 4.90 Å². The fourth-order valence-corrected chi connectivity index (χ4v) is 2.66. The lowest BCUT2D eigenvalue weighted by Crippen LogP contribution is -2.35. The fraction of sp³-hybridized carbons (Fsp3) is 0.769. The average Bonchev–Trinajstić information content (AvgIpc) is 2.65. The normalized spacial score (nSPS) is 20.6. The van der Waals surface area contributed by atoms with Gasteiger partial charge in [0, 0.05) is 13.1 Å². The van der Waals surface area contributed by atoms with Crippen LogP contribution in [0.15, 0.2) is 6.33 Å². The molecule has 1 aliphatic heterocycles. The van der Waals surface area contributed by atoms with Crippen LogP contribution >= 0.6 is 0 Å². The number of nitrogens with two attached hydrogens (primary N) is 1. The number of anilines is 1. The lowest BCUT2D eigenvalue weighted by Gasteiger charge is -2.21. The van der Waals surface area contributed by atoms with Gasteiger partial charge in [0.05, 0.1) is 0 Å². The molecule has 1 saturated heterocycles. The van der Waals surface area contributed by atoms with Crippen molar-refractivity contribution in [1.82, 2.24) is 19.7 Å². The number of carbonyl (C=O) groups is 1. The van der Waals surface area contributed by atoms with Gasteiger partial charge in [0.25, 0.3) is 0 Å². The molecule has 2 N–H and O–H groups in total. The van der Waals surface area contributed by atoms with Crippen LogP contribution < -0.4 is 5.73 Å². The van der Waals surface area contributed by atoms with Gasteiger partial charge in [-0.05, 0) is 31.1 Å². The number of aromatic nitrogens is 3. The van der Waals surface area contributed by atoms with E-state index >= 15 is 0 Å². The highest BCUT2D eigenvalue weighted by Crippen LogP contribution is 2.24. The molecule has 1 fully saturated rings. The molecule has 106 valence electrons. The Morgan fingerprint density at radius 2 is 2.26 bits per heavy atom. The molecule has 6 heteroatoms. The largest absolute Gasteiger partial charge is 0.367 e. The van der Waals surface area contributed by atoms with E-state index in [2.05, 4.69) is 23.9 Å². The van der Waals surface area contributed by atoms with Crippen molar-refractivity contribution in [3.05, 3.63) is 6.33 Å². The first kappa shape index (κ1) is 13.8. The van der Waals surface area contributed by atoms with Crippen molar-refractivity contribution in [1.29, 1.82) is 0 Å². The zero-order valence-electron chi connectivity index (χ0n) is 11.7. The Morgan fingerprint density at radius 3 is 2.89 bits per heavy atom. The monoisotopic (exact) mass is 265 g/mol. The second kappa shape index (κ2) is 6.04. The summed E-state index contributed by atoms with van der Waals surface area (Å²) in [5.41, 5.74) is 5.44. The van der Waals surface area contributed by atoms with Crippen molar-refractivity contribution in [2.45, 2.75) is 39.7 Å². The van der Waals surface area contributed by atoms with Crippen molar-refractivity contribution in [3.63, 3.8) is 0 Å². The van der Waals surface area contributed by atoms with Crippen molar-refractivity contribution < 1.29 is 4.79 Å². The van der Waals surface area contributed by atoms with Gasteiger partial charge in [-0.1, -0.05) is 13.8 Å². The maximum absolute atomic E-state index is 12.2. The standard InChI is InChI=1S/C13H23N5O/c1-10(2)11-4-3-6-17(7-5-11)12(19)8-18-9-15-13(14)16-18/h9-11H,3-8H2,1-2H3,(H2,14,16). The highest BCUT2D eigenvalue weighted by atomic mass is 16.2.